The van der Waals surface area contributed by atoms with Crippen molar-refractivity contribution < 1.29 is 27.7 Å². The van der Waals surface area contributed by atoms with E-state index in [0.717, 1.165) is 0 Å². The van der Waals surface area contributed by atoms with E-state index in [4.69, 9.17) is 18.3 Å². The summed E-state index contributed by atoms with van der Waals surface area (Å²) < 4.78 is 34.2. The molecule has 0 aliphatic heterocycles. The SMILES string of the molecule is CC(C)(C)OC(=O)CNCCOP(=O)(OC(C)(C)C)OC(C)(C)C. The molecule has 0 aliphatic carbocycles. The maximum absolute atomic E-state index is 12.7. The van der Waals surface area contributed by atoms with E-state index < -0.39 is 24.6 Å². The van der Waals surface area contributed by atoms with E-state index in [1.807, 2.05) is 0 Å². The molecule has 0 saturated carbocycles. The number of ether oxygens (including phenoxy) is 1. The zero-order valence-corrected chi connectivity index (χ0v) is 17.4. The molecule has 0 aromatic rings. The minimum absolute atomic E-state index is 0.0468. The van der Waals surface area contributed by atoms with E-state index in [9.17, 15) is 9.36 Å². The molecule has 0 amide bonds. The summed E-state index contributed by atoms with van der Waals surface area (Å²) in [5, 5.41) is 2.87. The number of phosphoric ester groups is 1. The van der Waals surface area contributed by atoms with Crippen molar-refractivity contribution >= 4 is 13.8 Å². The Morgan fingerprint density at radius 3 is 1.71 bits per heavy atom. The van der Waals surface area contributed by atoms with Gasteiger partial charge in [-0.1, -0.05) is 0 Å². The normalized spacial score (nSPS) is 13.9. The van der Waals surface area contributed by atoms with Crippen molar-refractivity contribution in [2.24, 2.45) is 0 Å². The van der Waals surface area contributed by atoms with Gasteiger partial charge in [0.2, 0.25) is 0 Å². The number of carbonyl (C=O) groups excluding carboxylic acids is 1. The molecule has 0 aliphatic rings. The van der Waals surface area contributed by atoms with Gasteiger partial charge in [0.15, 0.2) is 0 Å². The summed E-state index contributed by atoms with van der Waals surface area (Å²) in [6.45, 7) is 16.5. The molecule has 0 aromatic heterocycles. The molecule has 0 fully saturated rings. The van der Waals surface area contributed by atoms with Crippen LogP contribution in [-0.4, -0.2) is 42.5 Å². The number of rotatable bonds is 8. The van der Waals surface area contributed by atoms with Crippen molar-refractivity contribution in [1.29, 1.82) is 0 Å². The van der Waals surface area contributed by atoms with E-state index >= 15 is 0 Å². The van der Waals surface area contributed by atoms with Crippen LogP contribution < -0.4 is 5.32 Å². The Balaban J connectivity index is 4.39. The summed E-state index contributed by atoms with van der Waals surface area (Å²) in [5.74, 6) is -0.359. The van der Waals surface area contributed by atoms with Crippen LogP contribution in [0.5, 0.6) is 0 Å². The van der Waals surface area contributed by atoms with Crippen molar-refractivity contribution in [3.63, 3.8) is 0 Å². The molecule has 0 rings (SSSR count). The monoisotopic (exact) mass is 367 g/mol. The first kappa shape index (κ1) is 23.5. The third-order valence-electron chi connectivity index (χ3n) is 1.99. The van der Waals surface area contributed by atoms with Crippen LogP contribution in [0.1, 0.15) is 62.3 Å². The zero-order chi connectivity index (χ0) is 19.2. The minimum Gasteiger partial charge on any atom is -0.459 e. The van der Waals surface area contributed by atoms with E-state index in [1.54, 1.807) is 62.3 Å². The largest absolute Gasteiger partial charge is 0.475 e. The summed E-state index contributed by atoms with van der Waals surface area (Å²) in [7, 11) is -3.72. The molecule has 0 bridgehead atoms. The molecular weight excluding hydrogens is 333 g/mol. The van der Waals surface area contributed by atoms with Gasteiger partial charge >= 0.3 is 13.8 Å². The second kappa shape index (κ2) is 8.77. The maximum Gasteiger partial charge on any atom is 0.475 e. The number of esters is 1. The fourth-order valence-corrected chi connectivity index (χ4v) is 3.34. The van der Waals surface area contributed by atoms with Crippen LogP contribution in [0.25, 0.3) is 0 Å². The average Bonchev–Trinajstić information content (AvgIpc) is 2.19. The Bertz CT molecular complexity index is 425. The van der Waals surface area contributed by atoms with Gasteiger partial charge in [-0.2, -0.15) is 0 Å². The third-order valence-corrected chi connectivity index (χ3v) is 4.03. The Labute approximate surface area is 146 Å². The quantitative estimate of drug-likeness (QED) is 0.398. The lowest BCUT2D eigenvalue weighted by molar-refractivity contribution is -0.153. The minimum atomic E-state index is -3.72. The van der Waals surface area contributed by atoms with Gasteiger partial charge in [-0.25, -0.2) is 4.57 Å². The predicted octanol–water partition coefficient (Wildman–Crippen LogP) is 3.67. The van der Waals surface area contributed by atoms with E-state index in [1.165, 1.54) is 0 Å². The van der Waals surface area contributed by atoms with Crippen LogP contribution in [0, 0.1) is 0 Å². The van der Waals surface area contributed by atoms with E-state index in [-0.39, 0.29) is 19.1 Å². The molecule has 0 radical (unpaired) electrons. The lowest BCUT2D eigenvalue weighted by atomic mass is 10.2. The van der Waals surface area contributed by atoms with Gasteiger partial charge in [0.1, 0.15) is 5.60 Å². The van der Waals surface area contributed by atoms with Crippen LogP contribution in [0.15, 0.2) is 0 Å². The topological polar surface area (TPSA) is 83.1 Å². The fourth-order valence-electron chi connectivity index (χ4n) is 1.54. The summed E-state index contributed by atoms with van der Waals surface area (Å²) in [6, 6.07) is 0. The summed E-state index contributed by atoms with van der Waals surface area (Å²) in [4.78, 5) is 11.6. The molecule has 0 saturated heterocycles. The second-order valence-corrected chi connectivity index (χ2v) is 9.97. The Morgan fingerprint density at radius 2 is 1.33 bits per heavy atom. The van der Waals surface area contributed by atoms with E-state index in [0.29, 0.717) is 6.54 Å². The zero-order valence-electron chi connectivity index (χ0n) is 16.5. The Kier molecular flexibility index (Phi) is 8.60. The van der Waals surface area contributed by atoms with Gasteiger partial charge in [0, 0.05) is 6.54 Å². The molecule has 0 heterocycles. The molecule has 0 aromatic carbocycles. The standard InChI is InChI=1S/C16H34NO6P/c1-14(2,3)21-13(18)12-17-10-11-20-24(19,22-15(4,5)6)23-16(7,8)9/h17H,10-12H2,1-9H3. The van der Waals surface area contributed by atoms with Crippen LogP contribution in [0.3, 0.4) is 0 Å². The number of phosphoric acid groups is 1. The average molecular weight is 367 g/mol. The predicted molar refractivity (Wildman–Crippen MR) is 93.9 cm³/mol. The molecule has 1 N–H and O–H groups in total. The van der Waals surface area contributed by atoms with Crippen LogP contribution in [0.2, 0.25) is 0 Å². The molecule has 144 valence electrons. The van der Waals surface area contributed by atoms with E-state index in [2.05, 4.69) is 5.32 Å². The molecule has 0 spiro atoms. The van der Waals surface area contributed by atoms with Crippen molar-refractivity contribution in [2.45, 2.75) is 79.1 Å². The molecule has 24 heavy (non-hydrogen) atoms. The highest BCUT2D eigenvalue weighted by molar-refractivity contribution is 7.48. The van der Waals surface area contributed by atoms with Crippen LogP contribution in [-0.2, 0) is 27.7 Å². The van der Waals surface area contributed by atoms with Gasteiger partial charge in [0.25, 0.3) is 0 Å². The molecule has 7 nitrogen and oxygen atoms in total. The Hall–Kier alpha value is -0.460. The van der Waals surface area contributed by atoms with Gasteiger partial charge in [-0.3, -0.25) is 18.4 Å². The van der Waals surface area contributed by atoms with Crippen LogP contribution in [0.4, 0.5) is 0 Å². The summed E-state index contributed by atoms with van der Waals surface area (Å²) in [6.07, 6.45) is 0. The lowest BCUT2D eigenvalue weighted by Gasteiger charge is -2.30. The highest BCUT2D eigenvalue weighted by Crippen LogP contribution is 2.55. The van der Waals surface area contributed by atoms with Crippen molar-refractivity contribution in [3.8, 4) is 0 Å². The molecule has 8 heteroatoms. The first-order valence-electron chi connectivity index (χ1n) is 8.10. The lowest BCUT2D eigenvalue weighted by Crippen LogP contribution is -2.33. The summed E-state index contributed by atoms with van der Waals surface area (Å²) >= 11 is 0. The smallest absolute Gasteiger partial charge is 0.459 e. The van der Waals surface area contributed by atoms with Gasteiger partial charge < -0.3 is 10.1 Å². The van der Waals surface area contributed by atoms with Crippen LogP contribution >= 0.6 is 7.82 Å². The van der Waals surface area contributed by atoms with Gasteiger partial charge in [-0.15, -0.1) is 0 Å². The Morgan fingerprint density at radius 1 is 0.875 bits per heavy atom. The number of nitrogens with one attached hydrogen (secondary N) is 1. The number of carbonyl (C=O) groups is 1. The maximum atomic E-state index is 12.7. The first-order valence-corrected chi connectivity index (χ1v) is 9.56. The molecule has 0 atom stereocenters. The summed E-state index contributed by atoms with van der Waals surface area (Å²) in [5.41, 5.74) is -1.87. The van der Waals surface area contributed by atoms with Crippen molar-refractivity contribution in [2.75, 3.05) is 19.7 Å². The number of hydrogen-bond donors (Lipinski definition) is 1. The first-order chi connectivity index (χ1) is 10.5. The highest BCUT2D eigenvalue weighted by Gasteiger charge is 2.36. The fraction of sp³-hybridized carbons (Fsp3) is 0.938. The second-order valence-electron chi connectivity index (χ2n) is 8.45. The highest BCUT2D eigenvalue weighted by atomic mass is 31.2. The van der Waals surface area contributed by atoms with Gasteiger partial charge in [0.05, 0.1) is 24.4 Å². The number of hydrogen-bond acceptors (Lipinski definition) is 7. The van der Waals surface area contributed by atoms with Crippen molar-refractivity contribution in [1.82, 2.24) is 5.32 Å². The van der Waals surface area contributed by atoms with Crippen molar-refractivity contribution in [3.05, 3.63) is 0 Å². The third kappa shape index (κ3) is 13.9. The molecule has 0 unspecified atom stereocenters. The van der Waals surface area contributed by atoms with Gasteiger partial charge in [-0.05, 0) is 62.3 Å². The molecular formula is C16H34NO6P.